The monoisotopic (exact) mass is 181 g/mol. The molecule has 3 saturated heterocycles. The maximum absolute atomic E-state index is 10.8. The Kier molecular flexibility index (Phi) is 2.12. The number of carboxylic acid groups (broad SMARTS) is 1. The Morgan fingerprint density at radius 1 is 1.46 bits per heavy atom. The highest BCUT2D eigenvalue weighted by atomic mass is 16.4. The van der Waals surface area contributed by atoms with Gasteiger partial charge >= 0.3 is 5.97 Å². The van der Waals surface area contributed by atoms with Crippen molar-refractivity contribution in [2.24, 2.45) is 5.92 Å². The maximum atomic E-state index is 10.8. The van der Waals surface area contributed by atoms with Crippen molar-refractivity contribution < 1.29 is 9.90 Å². The normalized spacial score (nSPS) is 36.1. The molecule has 3 heteroatoms. The number of rotatable bonds is 1. The topological polar surface area (TPSA) is 40.5 Å². The van der Waals surface area contributed by atoms with E-state index in [9.17, 15) is 4.79 Å². The van der Waals surface area contributed by atoms with Crippen molar-refractivity contribution >= 4 is 5.97 Å². The van der Waals surface area contributed by atoms with Crippen molar-refractivity contribution in [3.63, 3.8) is 0 Å². The van der Waals surface area contributed by atoms with E-state index in [2.05, 4.69) is 4.90 Å². The van der Waals surface area contributed by atoms with Gasteiger partial charge in [-0.2, -0.15) is 0 Å². The first-order valence-electron chi connectivity index (χ1n) is 4.84. The number of hydrogen-bond donors (Lipinski definition) is 1. The molecule has 0 atom stereocenters. The minimum atomic E-state index is -0.747. The summed E-state index contributed by atoms with van der Waals surface area (Å²) in [5.41, 5.74) is 1.75. The second-order valence-electron chi connectivity index (χ2n) is 4.01. The largest absolute Gasteiger partial charge is 0.478 e. The summed E-state index contributed by atoms with van der Waals surface area (Å²) in [7, 11) is 0. The molecule has 0 aliphatic carbocycles. The Morgan fingerprint density at radius 3 is 2.46 bits per heavy atom. The molecule has 3 aliphatic rings. The van der Waals surface area contributed by atoms with Crippen molar-refractivity contribution in [2.45, 2.75) is 19.8 Å². The predicted octanol–water partition coefficient (Wildman–Crippen LogP) is 1.11. The van der Waals surface area contributed by atoms with Crippen molar-refractivity contribution in [2.75, 3.05) is 19.6 Å². The molecule has 0 aromatic carbocycles. The lowest BCUT2D eigenvalue weighted by atomic mass is 9.81. The van der Waals surface area contributed by atoms with Crippen LogP contribution in [0, 0.1) is 5.92 Å². The third kappa shape index (κ3) is 1.48. The molecule has 3 nitrogen and oxygen atoms in total. The second kappa shape index (κ2) is 3.14. The van der Waals surface area contributed by atoms with E-state index in [1.807, 2.05) is 0 Å². The quantitative estimate of drug-likeness (QED) is 0.616. The van der Waals surface area contributed by atoms with Gasteiger partial charge in [0.15, 0.2) is 0 Å². The first-order valence-corrected chi connectivity index (χ1v) is 4.84. The highest BCUT2D eigenvalue weighted by Gasteiger charge is 2.31. The lowest BCUT2D eigenvalue weighted by Crippen LogP contribution is -2.43. The van der Waals surface area contributed by atoms with Crippen LogP contribution in [-0.4, -0.2) is 35.6 Å². The Labute approximate surface area is 78.0 Å². The minimum absolute atomic E-state index is 0.557. The van der Waals surface area contributed by atoms with Crippen LogP contribution in [0.4, 0.5) is 0 Å². The number of carboxylic acids is 1. The molecule has 0 radical (unpaired) electrons. The van der Waals surface area contributed by atoms with Gasteiger partial charge in [-0.15, -0.1) is 0 Å². The highest BCUT2D eigenvalue weighted by Crippen LogP contribution is 2.33. The van der Waals surface area contributed by atoms with Gasteiger partial charge in [0.2, 0.25) is 0 Å². The Morgan fingerprint density at radius 2 is 2.08 bits per heavy atom. The zero-order valence-electron chi connectivity index (χ0n) is 7.92. The van der Waals surface area contributed by atoms with Crippen LogP contribution >= 0.6 is 0 Å². The van der Waals surface area contributed by atoms with Gasteiger partial charge in [0.1, 0.15) is 0 Å². The van der Waals surface area contributed by atoms with Crippen LogP contribution in [0.2, 0.25) is 0 Å². The Hall–Kier alpha value is -0.830. The van der Waals surface area contributed by atoms with E-state index < -0.39 is 5.97 Å². The number of fused-ring (bicyclic) bond motifs is 3. The fourth-order valence-electron chi connectivity index (χ4n) is 2.37. The molecule has 2 bridgehead atoms. The molecule has 13 heavy (non-hydrogen) atoms. The van der Waals surface area contributed by atoms with Crippen LogP contribution in [-0.2, 0) is 4.79 Å². The molecular formula is C10H15NO2. The van der Waals surface area contributed by atoms with Gasteiger partial charge in [-0.25, -0.2) is 4.79 Å². The van der Waals surface area contributed by atoms with Crippen LogP contribution in [0.5, 0.6) is 0 Å². The molecule has 0 saturated carbocycles. The van der Waals surface area contributed by atoms with E-state index in [1.54, 1.807) is 6.92 Å². The molecule has 3 fully saturated rings. The fourth-order valence-corrected chi connectivity index (χ4v) is 2.37. The Balaban J connectivity index is 2.25. The van der Waals surface area contributed by atoms with Crippen LogP contribution in [0.15, 0.2) is 11.1 Å². The number of hydrogen-bond acceptors (Lipinski definition) is 2. The molecule has 0 unspecified atom stereocenters. The molecule has 3 rings (SSSR count). The van der Waals surface area contributed by atoms with Gasteiger partial charge < -0.3 is 5.11 Å². The molecule has 1 N–H and O–H groups in total. The summed E-state index contributed by atoms with van der Waals surface area (Å²) in [6.45, 7) is 4.93. The smallest absolute Gasteiger partial charge is 0.331 e. The van der Waals surface area contributed by atoms with Crippen molar-refractivity contribution in [1.82, 2.24) is 4.90 Å². The van der Waals surface area contributed by atoms with Crippen LogP contribution in [0.25, 0.3) is 0 Å². The Bertz CT molecular complexity index is 262. The van der Waals surface area contributed by atoms with E-state index in [-0.39, 0.29) is 0 Å². The summed E-state index contributed by atoms with van der Waals surface area (Å²) in [5.74, 6) is -0.190. The standard InChI is InChI=1S/C10H15NO2/c1-7(10(12)13)9-6-11-4-2-8(9)3-5-11/h8H,2-6H2,1H3,(H,12,13)/b9-7-. The molecule has 3 aliphatic heterocycles. The minimum Gasteiger partial charge on any atom is -0.478 e. The molecule has 0 amide bonds. The van der Waals surface area contributed by atoms with E-state index in [0.717, 1.165) is 32.5 Å². The van der Waals surface area contributed by atoms with Gasteiger partial charge in [0, 0.05) is 12.1 Å². The average Bonchev–Trinajstić information content (AvgIpc) is 2.18. The van der Waals surface area contributed by atoms with Crippen LogP contribution in [0.3, 0.4) is 0 Å². The lowest BCUT2D eigenvalue weighted by molar-refractivity contribution is -0.132. The van der Waals surface area contributed by atoms with Crippen molar-refractivity contribution in [1.29, 1.82) is 0 Å². The second-order valence-corrected chi connectivity index (χ2v) is 4.01. The average molecular weight is 181 g/mol. The van der Waals surface area contributed by atoms with Crippen molar-refractivity contribution in [3.8, 4) is 0 Å². The lowest BCUT2D eigenvalue weighted by Gasteiger charge is -2.41. The SMILES string of the molecule is C/C(C(=O)O)=C1\CN2CCC1CC2. The predicted molar refractivity (Wildman–Crippen MR) is 49.5 cm³/mol. The zero-order valence-corrected chi connectivity index (χ0v) is 7.92. The van der Waals surface area contributed by atoms with Gasteiger partial charge in [0.25, 0.3) is 0 Å². The van der Waals surface area contributed by atoms with E-state index >= 15 is 0 Å². The summed E-state index contributed by atoms with van der Waals surface area (Å²) >= 11 is 0. The summed E-state index contributed by atoms with van der Waals surface area (Å²) < 4.78 is 0. The molecule has 0 spiro atoms. The van der Waals surface area contributed by atoms with Gasteiger partial charge in [-0.3, -0.25) is 4.90 Å². The number of nitrogens with zero attached hydrogens (tertiary/aromatic N) is 1. The molecule has 0 aromatic rings. The third-order valence-electron chi connectivity index (χ3n) is 3.28. The molecule has 72 valence electrons. The summed E-state index contributed by atoms with van der Waals surface area (Å²) in [4.78, 5) is 13.1. The molecule has 0 aromatic heterocycles. The summed E-state index contributed by atoms with van der Waals surface area (Å²) in [5, 5.41) is 8.89. The summed E-state index contributed by atoms with van der Waals surface area (Å²) in [6.07, 6.45) is 2.31. The zero-order chi connectivity index (χ0) is 9.42. The van der Waals surface area contributed by atoms with E-state index in [0.29, 0.717) is 11.5 Å². The van der Waals surface area contributed by atoms with E-state index in [4.69, 9.17) is 5.11 Å². The van der Waals surface area contributed by atoms with Crippen LogP contribution < -0.4 is 0 Å². The summed E-state index contributed by atoms with van der Waals surface area (Å²) in [6, 6.07) is 0. The van der Waals surface area contributed by atoms with Crippen molar-refractivity contribution in [3.05, 3.63) is 11.1 Å². The number of piperidine rings is 3. The molecular weight excluding hydrogens is 166 g/mol. The first kappa shape index (κ1) is 8.75. The van der Waals surface area contributed by atoms with Crippen LogP contribution in [0.1, 0.15) is 19.8 Å². The number of carbonyl (C=O) groups is 1. The van der Waals surface area contributed by atoms with E-state index in [1.165, 1.54) is 5.57 Å². The maximum Gasteiger partial charge on any atom is 0.331 e. The van der Waals surface area contributed by atoms with Gasteiger partial charge in [-0.1, -0.05) is 0 Å². The molecule has 3 heterocycles. The van der Waals surface area contributed by atoms with Gasteiger partial charge in [0.05, 0.1) is 0 Å². The fraction of sp³-hybridized carbons (Fsp3) is 0.700. The third-order valence-corrected chi connectivity index (χ3v) is 3.28. The highest BCUT2D eigenvalue weighted by molar-refractivity contribution is 5.87. The number of aliphatic carboxylic acids is 1. The van der Waals surface area contributed by atoms with Gasteiger partial charge in [-0.05, 0) is 44.3 Å². The first-order chi connectivity index (χ1) is 6.18.